The normalized spacial score (nSPS) is 13.7. The fourth-order valence-corrected chi connectivity index (χ4v) is 3.78. The van der Waals surface area contributed by atoms with Crippen molar-refractivity contribution in [2.24, 2.45) is 5.92 Å². The second kappa shape index (κ2) is 9.59. The van der Waals surface area contributed by atoms with Gasteiger partial charge in [-0.05, 0) is 49.2 Å². The molecule has 0 saturated heterocycles. The van der Waals surface area contributed by atoms with Gasteiger partial charge in [-0.15, -0.1) is 0 Å². The van der Waals surface area contributed by atoms with Crippen molar-refractivity contribution in [3.63, 3.8) is 0 Å². The van der Waals surface area contributed by atoms with Crippen LogP contribution < -0.4 is 10.1 Å². The van der Waals surface area contributed by atoms with Crippen molar-refractivity contribution >= 4 is 17.6 Å². The maximum absolute atomic E-state index is 13.1. The Hall–Kier alpha value is -3.81. The van der Waals surface area contributed by atoms with Crippen molar-refractivity contribution in [1.29, 1.82) is 0 Å². The minimum absolute atomic E-state index is 0.124. The van der Waals surface area contributed by atoms with Crippen LogP contribution in [0.5, 0.6) is 5.75 Å². The van der Waals surface area contributed by atoms with Crippen LogP contribution in [0.25, 0.3) is 0 Å². The number of hydrogen-bond acceptors (Lipinski definition) is 5. The maximum Gasteiger partial charge on any atom is 0.255 e. The fraction of sp³-hybridized carbons (Fsp3) is 0.308. The highest BCUT2D eigenvalue weighted by Crippen LogP contribution is 2.34. The van der Waals surface area contributed by atoms with Crippen LogP contribution in [0.1, 0.15) is 59.6 Å². The van der Waals surface area contributed by atoms with Crippen LogP contribution in [-0.2, 0) is 17.9 Å². The molecule has 2 amide bonds. The molecule has 3 aromatic rings. The van der Waals surface area contributed by atoms with Crippen molar-refractivity contribution < 1.29 is 18.7 Å². The molecule has 0 radical (unpaired) electrons. The Morgan fingerprint density at radius 3 is 2.59 bits per heavy atom. The SMILES string of the molecule is Cc1cc(C(C)N2Cc3c(ccnc3NC(=O)C(C)C)C2=O)ncc1OCc1ccc(F)cc1. The monoisotopic (exact) mass is 462 g/mol. The van der Waals surface area contributed by atoms with Crippen LogP contribution in [0.4, 0.5) is 10.2 Å². The van der Waals surface area contributed by atoms with E-state index in [1.807, 2.05) is 19.9 Å². The van der Waals surface area contributed by atoms with Gasteiger partial charge < -0.3 is 15.0 Å². The Balaban J connectivity index is 1.48. The Bertz CT molecular complexity index is 1230. The van der Waals surface area contributed by atoms with Crippen molar-refractivity contribution in [2.75, 3.05) is 5.32 Å². The molecule has 1 aliphatic heterocycles. The molecule has 0 aliphatic carbocycles. The summed E-state index contributed by atoms with van der Waals surface area (Å²) in [6.07, 6.45) is 3.19. The summed E-state index contributed by atoms with van der Waals surface area (Å²) in [6.45, 7) is 8.08. The van der Waals surface area contributed by atoms with E-state index in [4.69, 9.17) is 4.74 Å². The van der Waals surface area contributed by atoms with E-state index in [-0.39, 0.29) is 29.6 Å². The van der Waals surface area contributed by atoms with Gasteiger partial charge >= 0.3 is 0 Å². The number of ether oxygens (including phenoxy) is 1. The molecule has 176 valence electrons. The molecule has 4 rings (SSSR count). The van der Waals surface area contributed by atoms with E-state index in [1.165, 1.54) is 18.3 Å². The third-order valence-electron chi connectivity index (χ3n) is 5.93. The highest BCUT2D eigenvalue weighted by Gasteiger charge is 2.34. The zero-order valence-corrected chi connectivity index (χ0v) is 19.6. The van der Waals surface area contributed by atoms with Gasteiger partial charge in [-0.3, -0.25) is 14.6 Å². The third-order valence-corrected chi connectivity index (χ3v) is 5.93. The number of nitrogens with one attached hydrogen (secondary N) is 1. The average Bonchev–Trinajstić information content (AvgIpc) is 3.16. The molecule has 34 heavy (non-hydrogen) atoms. The number of carbonyl (C=O) groups is 2. The number of aromatic nitrogens is 2. The molecule has 0 saturated carbocycles. The Morgan fingerprint density at radius 2 is 1.91 bits per heavy atom. The third kappa shape index (κ3) is 4.76. The van der Waals surface area contributed by atoms with Gasteiger partial charge in [0, 0.05) is 23.2 Å². The molecule has 2 aromatic heterocycles. The number of benzene rings is 1. The van der Waals surface area contributed by atoms with E-state index >= 15 is 0 Å². The first kappa shape index (κ1) is 23.4. The first-order valence-electron chi connectivity index (χ1n) is 11.2. The van der Waals surface area contributed by atoms with Crippen LogP contribution in [0.15, 0.2) is 48.8 Å². The number of rotatable bonds is 7. The molecular weight excluding hydrogens is 435 g/mol. The fourth-order valence-electron chi connectivity index (χ4n) is 3.78. The van der Waals surface area contributed by atoms with Crippen LogP contribution in [-0.4, -0.2) is 26.7 Å². The van der Waals surface area contributed by atoms with Crippen LogP contribution in [0.2, 0.25) is 0 Å². The lowest BCUT2D eigenvalue weighted by atomic mass is 10.1. The average molecular weight is 463 g/mol. The second-order valence-corrected chi connectivity index (χ2v) is 8.73. The summed E-state index contributed by atoms with van der Waals surface area (Å²) < 4.78 is 18.9. The highest BCUT2D eigenvalue weighted by atomic mass is 19.1. The Morgan fingerprint density at radius 1 is 1.18 bits per heavy atom. The molecule has 1 unspecified atom stereocenters. The molecule has 8 heteroatoms. The summed E-state index contributed by atoms with van der Waals surface area (Å²) in [6, 6.07) is 9.44. The van der Waals surface area contributed by atoms with Gasteiger partial charge in [0.2, 0.25) is 5.91 Å². The molecule has 7 nitrogen and oxygen atoms in total. The number of aryl methyl sites for hydroxylation is 1. The van der Waals surface area contributed by atoms with E-state index in [0.29, 0.717) is 35.8 Å². The van der Waals surface area contributed by atoms with Gasteiger partial charge in [0.1, 0.15) is 24.0 Å². The van der Waals surface area contributed by atoms with Gasteiger partial charge in [0.15, 0.2) is 0 Å². The predicted molar refractivity (Wildman–Crippen MR) is 126 cm³/mol. The van der Waals surface area contributed by atoms with E-state index in [9.17, 15) is 14.0 Å². The molecule has 0 spiro atoms. The number of fused-ring (bicyclic) bond motifs is 1. The first-order valence-corrected chi connectivity index (χ1v) is 11.2. The number of amides is 2. The molecule has 1 aromatic carbocycles. The summed E-state index contributed by atoms with van der Waals surface area (Å²) in [7, 11) is 0. The second-order valence-electron chi connectivity index (χ2n) is 8.73. The molecule has 1 aliphatic rings. The highest BCUT2D eigenvalue weighted by molar-refractivity contribution is 6.01. The zero-order chi connectivity index (χ0) is 24.4. The van der Waals surface area contributed by atoms with Crippen LogP contribution >= 0.6 is 0 Å². The van der Waals surface area contributed by atoms with Gasteiger partial charge in [-0.25, -0.2) is 9.37 Å². The zero-order valence-electron chi connectivity index (χ0n) is 19.6. The molecule has 0 fully saturated rings. The van der Waals surface area contributed by atoms with Crippen molar-refractivity contribution in [3.8, 4) is 5.75 Å². The molecule has 3 heterocycles. The van der Waals surface area contributed by atoms with Crippen molar-refractivity contribution in [2.45, 2.75) is 46.9 Å². The molecular formula is C26H27FN4O3. The van der Waals surface area contributed by atoms with Crippen molar-refractivity contribution in [3.05, 3.63) is 82.6 Å². The summed E-state index contributed by atoms with van der Waals surface area (Å²) >= 11 is 0. The van der Waals surface area contributed by atoms with E-state index < -0.39 is 0 Å². The molecule has 0 bridgehead atoms. The lowest BCUT2D eigenvalue weighted by Crippen LogP contribution is -2.28. The van der Waals surface area contributed by atoms with E-state index in [1.54, 1.807) is 43.1 Å². The first-order chi connectivity index (χ1) is 16.2. The smallest absolute Gasteiger partial charge is 0.255 e. The Labute approximate surface area is 198 Å². The number of anilines is 1. The summed E-state index contributed by atoms with van der Waals surface area (Å²) in [5, 5.41) is 2.83. The lowest BCUT2D eigenvalue weighted by molar-refractivity contribution is -0.118. The number of carbonyl (C=O) groups excluding carboxylic acids is 2. The predicted octanol–water partition coefficient (Wildman–Crippen LogP) is 4.81. The van der Waals surface area contributed by atoms with Crippen LogP contribution in [0, 0.1) is 18.7 Å². The maximum atomic E-state index is 13.1. The lowest BCUT2D eigenvalue weighted by Gasteiger charge is -2.24. The van der Waals surface area contributed by atoms with Gasteiger partial charge in [0.25, 0.3) is 5.91 Å². The van der Waals surface area contributed by atoms with E-state index in [2.05, 4.69) is 15.3 Å². The molecule has 1 N–H and O–H groups in total. The number of nitrogens with zero attached hydrogens (tertiary/aromatic N) is 3. The van der Waals surface area contributed by atoms with Gasteiger partial charge in [-0.1, -0.05) is 26.0 Å². The minimum atomic E-state index is -0.293. The summed E-state index contributed by atoms with van der Waals surface area (Å²) in [5.74, 6) is 0.297. The summed E-state index contributed by atoms with van der Waals surface area (Å²) in [5.41, 5.74) is 3.72. The number of hydrogen-bond donors (Lipinski definition) is 1. The van der Waals surface area contributed by atoms with Crippen molar-refractivity contribution in [1.82, 2.24) is 14.9 Å². The molecule has 1 atom stereocenters. The quantitative estimate of drug-likeness (QED) is 0.545. The van der Waals surface area contributed by atoms with Gasteiger partial charge in [-0.2, -0.15) is 0 Å². The van der Waals surface area contributed by atoms with Gasteiger partial charge in [0.05, 0.1) is 24.5 Å². The topological polar surface area (TPSA) is 84.4 Å². The number of pyridine rings is 2. The number of halogens is 1. The minimum Gasteiger partial charge on any atom is -0.487 e. The standard InChI is InChI=1S/C26H27FN4O3/c1-15(2)25(32)30-24-21-13-31(26(33)20(21)9-10-28-24)17(4)22-11-16(3)23(12-29-22)34-14-18-5-7-19(27)8-6-18/h5-12,15,17H,13-14H2,1-4H3,(H,28,30,32). The van der Waals surface area contributed by atoms with Crippen LogP contribution in [0.3, 0.4) is 0 Å². The Kier molecular flexibility index (Phi) is 6.58. The summed E-state index contributed by atoms with van der Waals surface area (Å²) in [4.78, 5) is 35.8. The van der Waals surface area contributed by atoms with E-state index in [0.717, 1.165) is 16.8 Å². The largest absolute Gasteiger partial charge is 0.487 e.